The summed E-state index contributed by atoms with van der Waals surface area (Å²) in [4.78, 5) is 16.0. The van der Waals surface area contributed by atoms with Crippen LogP contribution < -0.4 is 5.73 Å². The minimum absolute atomic E-state index is 0.0244. The molecule has 3 saturated carbocycles. The van der Waals surface area contributed by atoms with Gasteiger partial charge in [0.1, 0.15) is 11.6 Å². The molecule has 7 nitrogen and oxygen atoms in total. The highest BCUT2D eigenvalue weighted by molar-refractivity contribution is 5.80. The van der Waals surface area contributed by atoms with E-state index >= 15 is 0 Å². The van der Waals surface area contributed by atoms with Gasteiger partial charge in [-0.05, 0) is 135 Å². The Balaban J connectivity index is 1.33. The first-order chi connectivity index (χ1) is 22.1. The first kappa shape index (κ1) is 31.7. The van der Waals surface area contributed by atoms with Crippen LogP contribution in [0, 0.1) is 44.8 Å². The second-order valence-corrected chi connectivity index (χ2v) is 19.0. The molecule has 0 bridgehead atoms. The molecule has 8 rings (SSSR count). The number of aliphatic carboxylic acids is 1. The second-order valence-electron chi connectivity index (χ2n) is 19.0. The van der Waals surface area contributed by atoms with Crippen LogP contribution in [0.1, 0.15) is 135 Å². The van der Waals surface area contributed by atoms with Gasteiger partial charge in [-0.25, -0.2) is 0 Å². The second kappa shape index (κ2) is 10.0. The van der Waals surface area contributed by atoms with Crippen LogP contribution in [-0.2, 0) is 23.2 Å². The SMILES string of the molecule is CC1(C)CC[C@]2(C(=O)O)CC[C@]3(C)C(=C(c4coc(CN5CCCC5)c4)CC4[C@@]5(C)Cc6c(N)n[nH]c6C(C)(C)C5CC[C@]43C)C2C1. The van der Waals surface area contributed by atoms with Crippen molar-refractivity contribution in [3.63, 3.8) is 0 Å². The predicted molar refractivity (Wildman–Crippen MR) is 185 cm³/mol. The van der Waals surface area contributed by atoms with Crippen molar-refractivity contribution in [3.8, 4) is 0 Å². The van der Waals surface area contributed by atoms with E-state index in [4.69, 9.17) is 10.2 Å². The van der Waals surface area contributed by atoms with E-state index in [0.29, 0.717) is 17.7 Å². The summed E-state index contributed by atoms with van der Waals surface area (Å²) in [6.07, 6.45) is 13.2. The van der Waals surface area contributed by atoms with Gasteiger partial charge in [-0.3, -0.25) is 14.8 Å². The average Bonchev–Trinajstić information content (AvgIpc) is 3.76. The number of likely N-dealkylation sites (tertiary alicyclic amines) is 1. The molecule has 1 aliphatic heterocycles. The molecule has 0 spiro atoms. The number of carboxylic acid groups (broad SMARTS) is 1. The number of allylic oxidation sites excluding steroid dienone is 2. The third-order valence-corrected chi connectivity index (χ3v) is 16.0. The number of hydrogen-bond acceptors (Lipinski definition) is 5. The Labute approximate surface area is 281 Å². The number of aromatic nitrogens is 2. The van der Waals surface area contributed by atoms with E-state index in [-0.39, 0.29) is 33.0 Å². The van der Waals surface area contributed by atoms with Crippen LogP contribution in [0.25, 0.3) is 5.57 Å². The monoisotopic (exact) mass is 642 g/mol. The zero-order chi connectivity index (χ0) is 33.4. The molecular formula is C40H58N4O3. The van der Waals surface area contributed by atoms with Crippen molar-refractivity contribution >= 4 is 17.4 Å². The topological polar surface area (TPSA) is 108 Å². The van der Waals surface area contributed by atoms with Gasteiger partial charge in [0.15, 0.2) is 0 Å². The maximum absolute atomic E-state index is 13.5. The number of H-pyrrole nitrogens is 1. The number of nitrogens with zero attached hydrogens (tertiary/aromatic N) is 2. The summed E-state index contributed by atoms with van der Waals surface area (Å²) in [5.41, 5.74) is 12.5. The van der Waals surface area contributed by atoms with Crippen molar-refractivity contribution in [1.82, 2.24) is 15.1 Å². The number of aromatic amines is 1. The lowest BCUT2D eigenvalue weighted by atomic mass is 9.33. The summed E-state index contributed by atoms with van der Waals surface area (Å²) in [6.45, 7) is 20.4. The molecule has 5 aliphatic carbocycles. The van der Waals surface area contributed by atoms with Gasteiger partial charge in [0.2, 0.25) is 0 Å². The molecule has 256 valence electrons. The Hall–Kier alpha value is -2.54. The lowest BCUT2D eigenvalue weighted by Gasteiger charge is -2.71. The van der Waals surface area contributed by atoms with E-state index in [1.165, 1.54) is 47.2 Å². The largest absolute Gasteiger partial charge is 0.481 e. The Morgan fingerprint density at radius 2 is 1.77 bits per heavy atom. The molecule has 2 aromatic rings. The summed E-state index contributed by atoms with van der Waals surface area (Å²) in [5.74, 6) is 2.08. The zero-order valence-electron chi connectivity index (χ0n) is 30.0. The molecule has 4 N–H and O–H groups in total. The Morgan fingerprint density at radius 1 is 1.04 bits per heavy atom. The van der Waals surface area contributed by atoms with Crippen molar-refractivity contribution in [1.29, 1.82) is 0 Å². The van der Waals surface area contributed by atoms with E-state index < -0.39 is 11.4 Å². The standard InChI is InChI=1S/C40H58N4O3/c1-35(2)12-14-40(34(45)46)15-13-39(7)31(28(40)21-35)26(24-18-25(47-23-24)22-44-16-8-9-17-44)19-30-37(5)20-27-32(42-43-33(27)41)36(3,4)29(37)10-11-38(30,39)6/h18,23,28-30H,8-17,19-22H2,1-7H3,(H,45,46)(H3,41,42,43)/t28?,29?,30?,37-,38+,39+,40-/m0/s1. The number of carboxylic acids is 1. The molecule has 0 aromatic carbocycles. The van der Waals surface area contributed by atoms with E-state index in [2.05, 4.69) is 69.6 Å². The predicted octanol–water partition coefficient (Wildman–Crippen LogP) is 8.61. The van der Waals surface area contributed by atoms with E-state index in [0.717, 1.165) is 76.8 Å². The van der Waals surface area contributed by atoms with E-state index in [9.17, 15) is 9.90 Å². The number of fused-ring (bicyclic) bond motifs is 8. The van der Waals surface area contributed by atoms with Crippen molar-refractivity contribution in [3.05, 3.63) is 40.5 Å². The molecule has 7 heteroatoms. The van der Waals surface area contributed by atoms with Gasteiger partial charge in [-0.1, -0.05) is 54.0 Å². The molecule has 0 radical (unpaired) electrons. The van der Waals surface area contributed by atoms with Crippen LogP contribution in [-0.4, -0.2) is 39.3 Å². The fourth-order valence-corrected chi connectivity index (χ4v) is 13.2. The zero-order valence-corrected chi connectivity index (χ0v) is 30.0. The van der Waals surface area contributed by atoms with E-state index in [1.54, 1.807) is 0 Å². The highest BCUT2D eigenvalue weighted by Crippen LogP contribution is 2.77. The highest BCUT2D eigenvalue weighted by atomic mass is 16.4. The number of nitrogens with two attached hydrogens (primary N) is 1. The maximum Gasteiger partial charge on any atom is 0.310 e. The van der Waals surface area contributed by atoms with Gasteiger partial charge in [0, 0.05) is 22.2 Å². The number of rotatable bonds is 4. The van der Waals surface area contributed by atoms with Gasteiger partial charge in [0.05, 0.1) is 18.2 Å². The minimum atomic E-state index is -0.686. The number of furan rings is 1. The minimum Gasteiger partial charge on any atom is -0.481 e. The van der Waals surface area contributed by atoms with Crippen molar-refractivity contribution in [2.45, 2.75) is 131 Å². The van der Waals surface area contributed by atoms with Crippen LogP contribution >= 0.6 is 0 Å². The molecule has 1 saturated heterocycles. The van der Waals surface area contributed by atoms with Crippen molar-refractivity contribution < 1.29 is 14.3 Å². The highest BCUT2D eigenvalue weighted by Gasteiger charge is 2.70. The molecular weight excluding hydrogens is 584 g/mol. The van der Waals surface area contributed by atoms with Crippen LogP contribution in [0.3, 0.4) is 0 Å². The summed E-state index contributed by atoms with van der Waals surface area (Å²) in [7, 11) is 0. The number of carbonyl (C=O) groups is 1. The molecule has 6 aliphatic rings. The van der Waals surface area contributed by atoms with Gasteiger partial charge in [-0.15, -0.1) is 0 Å². The fourth-order valence-electron chi connectivity index (χ4n) is 13.2. The molecule has 7 atom stereocenters. The molecule has 3 heterocycles. The third kappa shape index (κ3) is 4.19. The first-order valence-electron chi connectivity index (χ1n) is 18.7. The molecule has 3 unspecified atom stereocenters. The maximum atomic E-state index is 13.5. The molecule has 4 fully saturated rings. The van der Waals surface area contributed by atoms with Gasteiger partial charge in [-0.2, -0.15) is 5.10 Å². The number of anilines is 1. The Kier molecular flexibility index (Phi) is 6.76. The molecule has 0 amide bonds. The Morgan fingerprint density at radius 3 is 2.49 bits per heavy atom. The van der Waals surface area contributed by atoms with Gasteiger partial charge < -0.3 is 15.3 Å². The van der Waals surface area contributed by atoms with Crippen molar-refractivity contribution in [2.75, 3.05) is 18.8 Å². The van der Waals surface area contributed by atoms with Crippen LogP contribution in [0.2, 0.25) is 0 Å². The van der Waals surface area contributed by atoms with Gasteiger partial charge in [0.25, 0.3) is 0 Å². The smallest absolute Gasteiger partial charge is 0.310 e. The van der Waals surface area contributed by atoms with Gasteiger partial charge >= 0.3 is 5.97 Å². The summed E-state index contributed by atoms with van der Waals surface area (Å²) in [6, 6.07) is 2.33. The number of hydrogen-bond donors (Lipinski definition) is 3. The third-order valence-electron chi connectivity index (χ3n) is 16.0. The lowest BCUT2D eigenvalue weighted by Crippen LogP contribution is -2.65. The summed E-state index contributed by atoms with van der Waals surface area (Å²) < 4.78 is 6.40. The summed E-state index contributed by atoms with van der Waals surface area (Å²) in [5, 5.41) is 19.0. The molecule has 47 heavy (non-hydrogen) atoms. The van der Waals surface area contributed by atoms with Crippen molar-refractivity contribution in [2.24, 2.45) is 44.8 Å². The van der Waals surface area contributed by atoms with Crippen LogP contribution in [0.4, 0.5) is 5.82 Å². The quantitative estimate of drug-likeness (QED) is 0.308. The average molecular weight is 643 g/mol. The summed E-state index contributed by atoms with van der Waals surface area (Å²) >= 11 is 0. The normalized spacial score (nSPS) is 40.6. The lowest BCUT2D eigenvalue weighted by molar-refractivity contribution is -0.175. The fraction of sp³-hybridized carbons (Fsp3) is 0.750. The first-order valence-corrected chi connectivity index (χ1v) is 18.7. The molecule has 2 aromatic heterocycles. The number of nitrogen functional groups attached to an aromatic ring is 1. The number of nitrogens with one attached hydrogen (secondary N) is 1. The van der Waals surface area contributed by atoms with E-state index in [1.807, 2.05) is 6.26 Å². The Bertz CT molecular complexity index is 1640. The van der Waals surface area contributed by atoms with Crippen LogP contribution in [0.15, 0.2) is 22.3 Å². The van der Waals surface area contributed by atoms with Crippen LogP contribution in [0.5, 0.6) is 0 Å².